The van der Waals surface area contributed by atoms with Crippen LogP contribution >= 0.6 is 23.2 Å². The van der Waals surface area contributed by atoms with Gasteiger partial charge in [-0.2, -0.15) is 0 Å². The molecule has 2 aliphatic rings. The molecule has 2 aromatic rings. The van der Waals surface area contributed by atoms with Gasteiger partial charge in [-0.05, 0) is 49.2 Å². The van der Waals surface area contributed by atoms with Gasteiger partial charge in [-0.15, -0.1) is 0 Å². The molecule has 4 nitrogen and oxygen atoms in total. The number of piperazine rings is 1. The van der Waals surface area contributed by atoms with Crippen molar-refractivity contribution in [2.75, 3.05) is 37.9 Å². The summed E-state index contributed by atoms with van der Waals surface area (Å²) in [5, 5.41) is 1.40. The summed E-state index contributed by atoms with van der Waals surface area (Å²) in [4.78, 5) is 4.87. The van der Waals surface area contributed by atoms with Gasteiger partial charge in [0.15, 0.2) is 11.5 Å². The van der Waals surface area contributed by atoms with Crippen molar-refractivity contribution in [3.05, 3.63) is 52.0 Å². The zero-order valence-corrected chi connectivity index (χ0v) is 16.3. The molecule has 0 amide bonds. The summed E-state index contributed by atoms with van der Waals surface area (Å²) in [5.74, 6) is 1.70. The lowest BCUT2D eigenvalue weighted by Gasteiger charge is -2.39. The van der Waals surface area contributed by atoms with Crippen LogP contribution in [0.4, 0.5) is 5.69 Å². The Morgan fingerprint density at radius 1 is 0.962 bits per heavy atom. The van der Waals surface area contributed by atoms with Gasteiger partial charge in [-0.3, -0.25) is 4.90 Å². The van der Waals surface area contributed by atoms with E-state index in [0.29, 0.717) is 17.9 Å². The van der Waals surface area contributed by atoms with Crippen LogP contribution in [-0.4, -0.2) is 43.9 Å². The molecule has 0 aliphatic carbocycles. The number of halogens is 2. The van der Waals surface area contributed by atoms with Crippen LogP contribution in [0.25, 0.3) is 0 Å². The Morgan fingerprint density at radius 2 is 1.73 bits per heavy atom. The molecule has 0 radical (unpaired) electrons. The van der Waals surface area contributed by atoms with E-state index in [-0.39, 0.29) is 0 Å². The highest BCUT2D eigenvalue weighted by molar-refractivity contribution is 6.36. The number of benzene rings is 2. The monoisotopic (exact) mass is 392 g/mol. The lowest BCUT2D eigenvalue weighted by molar-refractivity contribution is 0.174. The molecule has 0 spiro atoms. The highest BCUT2D eigenvalue weighted by atomic mass is 35.5. The first-order valence-electron chi connectivity index (χ1n) is 8.93. The first-order chi connectivity index (χ1) is 12.6. The molecule has 2 heterocycles. The third kappa shape index (κ3) is 3.73. The molecule has 138 valence electrons. The van der Waals surface area contributed by atoms with Crippen LogP contribution in [0.2, 0.25) is 10.0 Å². The maximum Gasteiger partial charge on any atom is 0.231 e. The first kappa shape index (κ1) is 17.8. The third-order valence-corrected chi connectivity index (χ3v) is 5.69. The fourth-order valence-corrected chi connectivity index (χ4v) is 4.21. The zero-order valence-electron chi connectivity index (χ0n) is 14.8. The molecule has 1 fully saturated rings. The van der Waals surface area contributed by atoms with Crippen LogP contribution in [0, 0.1) is 0 Å². The van der Waals surface area contributed by atoms with Crippen molar-refractivity contribution in [2.45, 2.75) is 19.4 Å². The van der Waals surface area contributed by atoms with E-state index >= 15 is 0 Å². The van der Waals surface area contributed by atoms with Crippen molar-refractivity contribution in [3.63, 3.8) is 0 Å². The van der Waals surface area contributed by atoms with Gasteiger partial charge < -0.3 is 14.4 Å². The second-order valence-corrected chi connectivity index (χ2v) is 7.70. The predicted octanol–water partition coefficient (Wildman–Crippen LogP) is 4.48. The van der Waals surface area contributed by atoms with E-state index in [1.165, 1.54) is 5.56 Å². The van der Waals surface area contributed by atoms with Crippen LogP contribution in [0.1, 0.15) is 12.5 Å². The Balaban J connectivity index is 1.35. The highest BCUT2D eigenvalue weighted by Gasteiger charge is 2.23. The predicted molar refractivity (Wildman–Crippen MR) is 106 cm³/mol. The van der Waals surface area contributed by atoms with E-state index in [2.05, 4.69) is 28.9 Å². The zero-order chi connectivity index (χ0) is 18.1. The largest absolute Gasteiger partial charge is 0.454 e. The third-order valence-electron chi connectivity index (χ3n) is 5.16. The average Bonchev–Trinajstić information content (AvgIpc) is 3.10. The summed E-state index contributed by atoms with van der Waals surface area (Å²) >= 11 is 12.4. The van der Waals surface area contributed by atoms with E-state index in [1.807, 2.05) is 24.3 Å². The molecule has 2 aliphatic heterocycles. The highest BCUT2D eigenvalue weighted by Crippen LogP contribution is 2.33. The minimum Gasteiger partial charge on any atom is -0.454 e. The van der Waals surface area contributed by atoms with Crippen LogP contribution < -0.4 is 14.4 Å². The molecule has 0 N–H and O–H groups in total. The Hall–Kier alpha value is -1.62. The quantitative estimate of drug-likeness (QED) is 0.765. The summed E-state index contributed by atoms with van der Waals surface area (Å²) in [7, 11) is 0. The fourth-order valence-electron chi connectivity index (χ4n) is 3.68. The van der Waals surface area contributed by atoms with E-state index in [4.69, 9.17) is 32.7 Å². The van der Waals surface area contributed by atoms with Gasteiger partial charge in [0.1, 0.15) is 0 Å². The van der Waals surface area contributed by atoms with Crippen LogP contribution in [0.3, 0.4) is 0 Å². The summed E-state index contributed by atoms with van der Waals surface area (Å²) in [6, 6.07) is 12.4. The average molecular weight is 393 g/mol. The molecule has 1 unspecified atom stereocenters. The lowest BCUT2D eigenvalue weighted by Crippen LogP contribution is -2.50. The number of rotatable bonds is 4. The van der Waals surface area contributed by atoms with Gasteiger partial charge in [0.25, 0.3) is 0 Å². The maximum absolute atomic E-state index is 6.35. The number of anilines is 1. The molecule has 26 heavy (non-hydrogen) atoms. The van der Waals surface area contributed by atoms with Crippen molar-refractivity contribution in [1.82, 2.24) is 4.90 Å². The van der Waals surface area contributed by atoms with Crippen molar-refractivity contribution in [3.8, 4) is 11.5 Å². The Kier molecular flexibility index (Phi) is 5.16. The Morgan fingerprint density at radius 3 is 2.50 bits per heavy atom. The van der Waals surface area contributed by atoms with Gasteiger partial charge in [0.05, 0.1) is 10.7 Å². The van der Waals surface area contributed by atoms with Crippen molar-refractivity contribution >= 4 is 28.9 Å². The van der Waals surface area contributed by atoms with Crippen molar-refractivity contribution in [2.24, 2.45) is 0 Å². The topological polar surface area (TPSA) is 24.9 Å². The van der Waals surface area contributed by atoms with E-state index in [9.17, 15) is 0 Å². The standard InChI is InChI=1S/C20H22Cl2N2O2/c1-14(10-15-2-5-19-20(11-15)26-13-25-19)23-6-8-24(9-7-23)18-4-3-16(21)12-17(18)22/h2-5,11-12,14H,6-10,13H2,1H3. The molecule has 1 saturated heterocycles. The van der Waals surface area contributed by atoms with Crippen LogP contribution in [-0.2, 0) is 6.42 Å². The summed E-state index contributed by atoms with van der Waals surface area (Å²) in [6.07, 6.45) is 0.998. The summed E-state index contributed by atoms with van der Waals surface area (Å²) < 4.78 is 10.9. The van der Waals surface area contributed by atoms with Crippen molar-refractivity contribution < 1.29 is 9.47 Å². The summed E-state index contributed by atoms with van der Waals surface area (Å²) in [6.45, 7) is 6.58. The van der Waals surface area contributed by atoms with E-state index < -0.39 is 0 Å². The lowest BCUT2D eigenvalue weighted by atomic mass is 10.0. The number of fused-ring (bicyclic) bond motifs is 1. The van der Waals surface area contributed by atoms with Gasteiger partial charge in [-0.25, -0.2) is 0 Å². The second-order valence-electron chi connectivity index (χ2n) is 6.86. The molecule has 0 aromatic heterocycles. The minimum absolute atomic E-state index is 0.323. The molecule has 1 atom stereocenters. The molecule has 0 saturated carbocycles. The van der Waals surface area contributed by atoms with Gasteiger partial charge in [-0.1, -0.05) is 29.3 Å². The molecular formula is C20H22Cl2N2O2. The first-order valence-corrected chi connectivity index (χ1v) is 9.68. The second kappa shape index (κ2) is 7.55. The Bertz CT molecular complexity index is 791. The molecule has 6 heteroatoms. The number of hydrogen-bond donors (Lipinski definition) is 0. The van der Waals surface area contributed by atoms with Gasteiger partial charge in [0.2, 0.25) is 6.79 Å². The van der Waals surface area contributed by atoms with E-state index in [0.717, 1.165) is 54.8 Å². The number of nitrogens with zero attached hydrogens (tertiary/aromatic N) is 2. The van der Waals surface area contributed by atoms with Crippen molar-refractivity contribution in [1.29, 1.82) is 0 Å². The van der Waals surface area contributed by atoms with Crippen LogP contribution in [0.5, 0.6) is 11.5 Å². The smallest absolute Gasteiger partial charge is 0.231 e. The number of hydrogen-bond acceptors (Lipinski definition) is 4. The van der Waals surface area contributed by atoms with Crippen LogP contribution in [0.15, 0.2) is 36.4 Å². The maximum atomic E-state index is 6.35. The number of ether oxygens (including phenoxy) is 2. The minimum atomic E-state index is 0.323. The molecular weight excluding hydrogens is 371 g/mol. The Labute approximate surface area is 164 Å². The summed E-state index contributed by atoms with van der Waals surface area (Å²) in [5.41, 5.74) is 2.35. The van der Waals surface area contributed by atoms with Gasteiger partial charge in [0, 0.05) is 37.2 Å². The SMILES string of the molecule is CC(Cc1ccc2c(c1)OCO2)N1CCN(c2ccc(Cl)cc2Cl)CC1. The normalized spacial score (nSPS) is 18.2. The van der Waals surface area contributed by atoms with Gasteiger partial charge >= 0.3 is 0 Å². The van der Waals surface area contributed by atoms with E-state index in [1.54, 1.807) is 0 Å². The molecule has 4 rings (SSSR count). The molecule has 2 aromatic carbocycles. The molecule has 0 bridgehead atoms. The fraction of sp³-hybridized carbons (Fsp3) is 0.400.